The lowest BCUT2D eigenvalue weighted by Gasteiger charge is -2.38. The van der Waals surface area contributed by atoms with E-state index < -0.39 is 11.4 Å². The summed E-state index contributed by atoms with van der Waals surface area (Å²) in [5, 5.41) is 9.78. The van der Waals surface area contributed by atoms with E-state index >= 15 is 0 Å². The van der Waals surface area contributed by atoms with Crippen LogP contribution in [0.3, 0.4) is 0 Å². The number of allylic oxidation sites excluding steroid dienone is 3. The van der Waals surface area contributed by atoms with Crippen LogP contribution in [0, 0.1) is 11.3 Å². The Hall–Kier alpha value is -1.09. The number of aliphatic carboxylic acids is 1. The van der Waals surface area contributed by atoms with E-state index in [4.69, 9.17) is 4.74 Å². The third-order valence-corrected chi connectivity index (χ3v) is 4.13. The molecule has 19 heavy (non-hydrogen) atoms. The third-order valence-electron chi connectivity index (χ3n) is 4.13. The van der Waals surface area contributed by atoms with Gasteiger partial charge in [0.15, 0.2) is 0 Å². The monoisotopic (exact) mass is 266 g/mol. The Kier molecular flexibility index (Phi) is 6.29. The first-order chi connectivity index (χ1) is 9.12. The highest BCUT2D eigenvalue weighted by Gasteiger charge is 2.45. The van der Waals surface area contributed by atoms with Gasteiger partial charge in [-0.2, -0.15) is 0 Å². The molecule has 1 aliphatic carbocycles. The van der Waals surface area contributed by atoms with Gasteiger partial charge in [0, 0.05) is 19.6 Å². The first kappa shape index (κ1) is 16.0. The van der Waals surface area contributed by atoms with Crippen molar-refractivity contribution >= 4 is 5.97 Å². The Morgan fingerprint density at radius 1 is 1.47 bits per heavy atom. The summed E-state index contributed by atoms with van der Waals surface area (Å²) in [5.74, 6) is -0.635. The van der Waals surface area contributed by atoms with Gasteiger partial charge in [-0.25, -0.2) is 0 Å². The number of methoxy groups -OCH3 is 1. The van der Waals surface area contributed by atoms with Crippen LogP contribution in [-0.2, 0) is 9.53 Å². The molecule has 0 aromatic rings. The lowest BCUT2D eigenvalue weighted by Crippen LogP contribution is -2.40. The van der Waals surface area contributed by atoms with Gasteiger partial charge >= 0.3 is 5.97 Å². The van der Waals surface area contributed by atoms with Crippen LogP contribution in [0.15, 0.2) is 23.8 Å². The van der Waals surface area contributed by atoms with Crippen LogP contribution in [0.25, 0.3) is 0 Å². The lowest BCUT2D eigenvalue weighted by atomic mass is 9.64. The van der Waals surface area contributed by atoms with Gasteiger partial charge in [0.2, 0.25) is 0 Å². The highest BCUT2D eigenvalue weighted by atomic mass is 16.5. The van der Waals surface area contributed by atoms with Gasteiger partial charge in [-0.05, 0) is 19.3 Å². The summed E-state index contributed by atoms with van der Waals surface area (Å²) in [5.41, 5.74) is 0.493. The van der Waals surface area contributed by atoms with E-state index in [0.29, 0.717) is 13.0 Å². The van der Waals surface area contributed by atoms with Gasteiger partial charge in [-0.15, -0.1) is 0 Å². The van der Waals surface area contributed by atoms with Gasteiger partial charge in [-0.3, -0.25) is 4.79 Å². The number of carboxylic acids is 1. The van der Waals surface area contributed by atoms with Crippen molar-refractivity contribution in [3.63, 3.8) is 0 Å². The molecule has 3 heteroatoms. The molecular weight excluding hydrogens is 240 g/mol. The van der Waals surface area contributed by atoms with Crippen LogP contribution < -0.4 is 0 Å². The first-order valence-corrected chi connectivity index (χ1v) is 7.23. The van der Waals surface area contributed by atoms with Crippen LogP contribution in [0.4, 0.5) is 0 Å². The highest BCUT2D eigenvalue weighted by molar-refractivity contribution is 5.79. The quantitative estimate of drug-likeness (QED) is 0.726. The fourth-order valence-corrected chi connectivity index (χ4v) is 3.00. The molecule has 0 saturated heterocycles. The molecule has 2 unspecified atom stereocenters. The van der Waals surface area contributed by atoms with E-state index in [-0.39, 0.29) is 5.92 Å². The zero-order chi connectivity index (χ0) is 14.3. The Morgan fingerprint density at radius 2 is 2.21 bits per heavy atom. The van der Waals surface area contributed by atoms with Crippen LogP contribution in [0.5, 0.6) is 0 Å². The maximum Gasteiger partial charge on any atom is 0.314 e. The second-order valence-electron chi connectivity index (χ2n) is 5.24. The number of hydrogen-bond acceptors (Lipinski definition) is 2. The third kappa shape index (κ3) is 3.47. The molecule has 1 N–H and O–H groups in total. The summed E-state index contributed by atoms with van der Waals surface area (Å²) in [6.45, 7) is 4.80. The molecule has 1 aliphatic rings. The van der Waals surface area contributed by atoms with Crippen molar-refractivity contribution in [2.45, 2.75) is 46.0 Å². The molecule has 2 atom stereocenters. The minimum atomic E-state index is -0.741. The van der Waals surface area contributed by atoms with Gasteiger partial charge in [0.25, 0.3) is 0 Å². The summed E-state index contributed by atoms with van der Waals surface area (Å²) < 4.78 is 5.17. The van der Waals surface area contributed by atoms with Crippen molar-refractivity contribution in [3.05, 3.63) is 23.8 Å². The Labute approximate surface area is 116 Å². The van der Waals surface area contributed by atoms with Gasteiger partial charge < -0.3 is 9.84 Å². The number of carbonyl (C=O) groups is 1. The SMILES string of the molecule is CCCCC1(C(=O)O)C=CC=C(CC)C1CCOC. The lowest BCUT2D eigenvalue weighted by molar-refractivity contribution is -0.149. The molecule has 0 fully saturated rings. The van der Waals surface area contributed by atoms with Crippen molar-refractivity contribution in [3.8, 4) is 0 Å². The molecule has 0 aliphatic heterocycles. The van der Waals surface area contributed by atoms with Crippen LogP contribution in [0.1, 0.15) is 46.0 Å². The zero-order valence-corrected chi connectivity index (χ0v) is 12.3. The number of hydrogen-bond donors (Lipinski definition) is 1. The van der Waals surface area contributed by atoms with E-state index in [9.17, 15) is 9.90 Å². The smallest absolute Gasteiger partial charge is 0.314 e. The first-order valence-electron chi connectivity index (χ1n) is 7.23. The Morgan fingerprint density at radius 3 is 2.74 bits per heavy atom. The highest BCUT2D eigenvalue weighted by Crippen LogP contribution is 2.45. The van der Waals surface area contributed by atoms with Crippen LogP contribution >= 0.6 is 0 Å². The molecule has 0 aromatic heterocycles. The Balaban J connectivity index is 3.05. The minimum Gasteiger partial charge on any atom is -0.481 e. The van der Waals surface area contributed by atoms with Crippen LogP contribution in [-0.4, -0.2) is 24.8 Å². The number of rotatable bonds is 8. The fraction of sp³-hybridized carbons (Fsp3) is 0.688. The molecular formula is C16H26O3. The van der Waals surface area contributed by atoms with Gasteiger partial charge in [0.05, 0.1) is 5.41 Å². The summed E-state index contributed by atoms with van der Waals surface area (Å²) in [4.78, 5) is 11.9. The molecule has 3 nitrogen and oxygen atoms in total. The average molecular weight is 266 g/mol. The zero-order valence-electron chi connectivity index (χ0n) is 12.3. The van der Waals surface area contributed by atoms with E-state index in [1.807, 2.05) is 12.2 Å². The molecule has 108 valence electrons. The largest absolute Gasteiger partial charge is 0.481 e. The molecule has 0 bridgehead atoms. The van der Waals surface area contributed by atoms with E-state index in [2.05, 4.69) is 19.9 Å². The van der Waals surface area contributed by atoms with Crippen molar-refractivity contribution in [1.29, 1.82) is 0 Å². The van der Waals surface area contributed by atoms with Crippen molar-refractivity contribution in [2.24, 2.45) is 11.3 Å². The second kappa shape index (κ2) is 7.49. The summed E-state index contributed by atoms with van der Waals surface area (Å²) in [6, 6.07) is 0. The number of unbranched alkanes of at least 4 members (excludes halogenated alkanes) is 1. The summed E-state index contributed by atoms with van der Waals surface area (Å²) in [6.07, 6.45) is 10.2. The normalized spacial score (nSPS) is 26.3. The maximum absolute atomic E-state index is 11.9. The number of carboxylic acid groups (broad SMARTS) is 1. The molecule has 0 aromatic carbocycles. The second-order valence-corrected chi connectivity index (χ2v) is 5.24. The molecule has 0 spiro atoms. The van der Waals surface area contributed by atoms with Crippen LogP contribution in [0.2, 0.25) is 0 Å². The summed E-state index contributed by atoms with van der Waals surface area (Å²) >= 11 is 0. The Bertz CT molecular complexity index is 357. The minimum absolute atomic E-state index is 0.0616. The van der Waals surface area contributed by atoms with Crippen molar-refractivity contribution in [1.82, 2.24) is 0 Å². The van der Waals surface area contributed by atoms with Crippen molar-refractivity contribution < 1.29 is 14.6 Å². The standard InChI is InChI=1S/C16H26O3/c1-4-6-10-16(15(17)18)11-7-8-13(5-2)14(16)9-12-19-3/h7-8,11,14H,4-6,9-10,12H2,1-3H3,(H,17,18). The number of ether oxygens (including phenoxy) is 1. The van der Waals surface area contributed by atoms with Gasteiger partial charge in [0.1, 0.15) is 0 Å². The predicted octanol–water partition coefficient (Wildman–Crippen LogP) is 3.81. The van der Waals surface area contributed by atoms with Gasteiger partial charge in [-0.1, -0.05) is 50.5 Å². The maximum atomic E-state index is 11.9. The molecule has 0 amide bonds. The van der Waals surface area contributed by atoms with E-state index in [1.54, 1.807) is 7.11 Å². The van der Waals surface area contributed by atoms with E-state index in [0.717, 1.165) is 25.7 Å². The average Bonchev–Trinajstić information content (AvgIpc) is 2.42. The van der Waals surface area contributed by atoms with Crippen molar-refractivity contribution in [2.75, 3.05) is 13.7 Å². The summed E-state index contributed by atoms with van der Waals surface area (Å²) in [7, 11) is 1.67. The fourth-order valence-electron chi connectivity index (χ4n) is 3.00. The molecule has 1 rings (SSSR count). The topological polar surface area (TPSA) is 46.5 Å². The molecule has 0 saturated carbocycles. The van der Waals surface area contributed by atoms with E-state index in [1.165, 1.54) is 5.57 Å². The molecule has 0 radical (unpaired) electrons. The molecule has 0 heterocycles. The predicted molar refractivity (Wildman–Crippen MR) is 77.1 cm³/mol.